The Labute approximate surface area is 122 Å². The maximum atomic E-state index is 5.26. The van der Waals surface area contributed by atoms with Gasteiger partial charge in [-0.1, -0.05) is 22.9 Å². The average Bonchev–Trinajstić information content (AvgIpc) is 2.83. The van der Waals surface area contributed by atoms with Crippen molar-refractivity contribution in [2.75, 3.05) is 12.4 Å². The Kier molecular flexibility index (Phi) is 4.91. The summed E-state index contributed by atoms with van der Waals surface area (Å²) >= 11 is 3.49. The molecule has 1 N–H and O–H groups in total. The van der Waals surface area contributed by atoms with Crippen molar-refractivity contribution in [3.8, 4) is 5.75 Å². The lowest BCUT2D eigenvalue weighted by molar-refractivity contribution is 0.414. The molecule has 0 aliphatic carbocycles. The zero-order chi connectivity index (χ0) is 13.7. The number of hydrogen-bond donors (Lipinski definition) is 1. The summed E-state index contributed by atoms with van der Waals surface area (Å²) in [5, 5.41) is 3.43. The van der Waals surface area contributed by atoms with Crippen LogP contribution in [0.1, 0.15) is 19.0 Å². The van der Waals surface area contributed by atoms with Gasteiger partial charge in [0.25, 0.3) is 0 Å². The van der Waals surface area contributed by atoms with E-state index in [2.05, 4.69) is 57.1 Å². The van der Waals surface area contributed by atoms with Gasteiger partial charge in [0.2, 0.25) is 0 Å². The van der Waals surface area contributed by atoms with Gasteiger partial charge in [0.1, 0.15) is 5.75 Å². The molecule has 0 saturated heterocycles. The predicted octanol–water partition coefficient (Wildman–Crippen LogP) is 4.28. The first kappa shape index (κ1) is 14.0. The van der Waals surface area contributed by atoms with Crippen molar-refractivity contribution in [3.05, 3.63) is 46.7 Å². The molecule has 0 fully saturated rings. The molecule has 0 atom stereocenters. The van der Waals surface area contributed by atoms with Gasteiger partial charge in [-0.2, -0.15) is 0 Å². The number of methoxy groups -OCH3 is 1. The van der Waals surface area contributed by atoms with Crippen LogP contribution in [0.2, 0.25) is 0 Å². The van der Waals surface area contributed by atoms with E-state index in [0.29, 0.717) is 0 Å². The molecule has 102 valence electrons. The van der Waals surface area contributed by atoms with E-state index in [1.165, 1.54) is 5.69 Å². The molecule has 4 heteroatoms. The number of halogens is 1. The van der Waals surface area contributed by atoms with E-state index in [-0.39, 0.29) is 0 Å². The Morgan fingerprint density at radius 1 is 1.32 bits per heavy atom. The van der Waals surface area contributed by atoms with Crippen molar-refractivity contribution >= 4 is 21.6 Å². The topological polar surface area (TPSA) is 26.2 Å². The lowest BCUT2D eigenvalue weighted by atomic mass is 10.3. The molecule has 0 saturated carbocycles. The molecule has 0 spiro atoms. The monoisotopic (exact) mass is 322 g/mol. The highest BCUT2D eigenvalue weighted by molar-refractivity contribution is 9.10. The number of nitrogens with one attached hydrogen (secondary N) is 1. The molecule has 0 amide bonds. The first-order valence-electron chi connectivity index (χ1n) is 6.45. The standard InChI is InChI=1S/C15H19BrN2O/c1-3-6-18-7-4-5-14(18)11-17-13-8-12(16)9-15(10-13)19-2/h4-5,7-10,17H,3,6,11H2,1-2H3. The third-order valence-corrected chi connectivity index (χ3v) is 3.43. The molecule has 1 heterocycles. The van der Waals surface area contributed by atoms with E-state index in [1.54, 1.807) is 7.11 Å². The highest BCUT2D eigenvalue weighted by Crippen LogP contribution is 2.24. The minimum Gasteiger partial charge on any atom is -0.497 e. The second-order valence-electron chi connectivity index (χ2n) is 4.43. The predicted molar refractivity (Wildman–Crippen MR) is 82.7 cm³/mol. The normalized spacial score (nSPS) is 10.5. The lowest BCUT2D eigenvalue weighted by Crippen LogP contribution is -2.07. The van der Waals surface area contributed by atoms with Crippen molar-refractivity contribution in [1.82, 2.24) is 4.57 Å². The van der Waals surface area contributed by atoms with E-state index < -0.39 is 0 Å². The quantitative estimate of drug-likeness (QED) is 0.859. The van der Waals surface area contributed by atoms with Crippen LogP contribution in [-0.2, 0) is 13.1 Å². The summed E-state index contributed by atoms with van der Waals surface area (Å²) in [6.07, 6.45) is 3.27. The SMILES string of the molecule is CCCn1cccc1CNc1cc(Br)cc(OC)c1. The van der Waals surface area contributed by atoms with E-state index >= 15 is 0 Å². The minimum absolute atomic E-state index is 0.812. The molecular weight excluding hydrogens is 304 g/mol. The minimum atomic E-state index is 0.812. The van der Waals surface area contributed by atoms with Crippen LogP contribution in [0.3, 0.4) is 0 Å². The molecular formula is C15H19BrN2O. The molecule has 0 aliphatic heterocycles. The smallest absolute Gasteiger partial charge is 0.122 e. The van der Waals surface area contributed by atoms with E-state index in [9.17, 15) is 0 Å². The molecule has 19 heavy (non-hydrogen) atoms. The van der Waals surface area contributed by atoms with Crippen molar-refractivity contribution in [2.45, 2.75) is 26.4 Å². The average molecular weight is 323 g/mol. The molecule has 3 nitrogen and oxygen atoms in total. The van der Waals surface area contributed by atoms with Crippen molar-refractivity contribution in [2.24, 2.45) is 0 Å². The number of nitrogens with zero attached hydrogens (tertiary/aromatic N) is 1. The zero-order valence-electron chi connectivity index (χ0n) is 11.3. The number of anilines is 1. The number of hydrogen-bond acceptors (Lipinski definition) is 2. The van der Waals surface area contributed by atoms with Crippen LogP contribution < -0.4 is 10.1 Å². The fraction of sp³-hybridized carbons (Fsp3) is 0.333. The highest BCUT2D eigenvalue weighted by atomic mass is 79.9. The maximum absolute atomic E-state index is 5.26. The van der Waals surface area contributed by atoms with Crippen LogP contribution in [0.15, 0.2) is 41.0 Å². The van der Waals surface area contributed by atoms with Crippen LogP contribution in [0.5, 0.6) is 5.75 Å². The third kappa shape index (κ3) is 3.77. The van der Waals surface area contributed by atoms with Gasteiger partial charge in [-0.05, 0) is 30.7 Å². The van der Waals surface area contributed by atoms with Gasteiger partial charge in [-0.25, -0.2) is 0 Å². The van der Waals surface area contributed by atoms with Gasteiger partial charge in [-0.15, -0.1) is 0 Å². The Morgan fingerprint density at radius 2 is 2.16 bits per heavy atom. The fourth-order valence-electron chi connectivity index (χ4n) is 2.04. The summed E-state index contributed by atoms with van der Waals surface area (Å²) in [5.41, 5.74) is 2.34. The maximum Gasteiger partial charge on any atom is 0.122 e. The van der Waals surface area contributed by atoms with Gasteiger partial charge in [0.05, 0.1) is 13.7 Å². The molecule has 0 bridgehead atoms. The number of aryl methyl sites for hydroxylation is 1. The highest BCUT2D eigenvalue weighted by Gasteiger charge is 2.02. The van der Waals surface area contributed by atoms with Crippen LogP contribution in [-0.4, -0.2) is 11.7 Å². The number of ether oxygens (including phenoxy) is 1. The van der Waals surface area contributed by atoms with Gasteiger partial charge in [0.15, 0.2) is 0 Å². The summed E-state index contributed by atoms with van der Waals surface area (Å²) < 4.78 is 8.55. The Morgan fingerprint density at radius 3 is 2.89 bits per heavy atom. The van der Waals surface area contributed by atoms with E-state index in [4.69, 9.17) is 4.74 Å². The number of benzene rings is 1. The van der Waals surface area contributed by atoms with Gasteiger partial charge >= 0.3 is 0 Å². The van der Waals surface area contributed by atoms with Gasteiger partial charge in [-0.3, -0.25) is 0 Å². The number of aromatic nitrogens is 1. The molecule has 2 aromatic rings. The van der Waals surface area contributed by atoms with Crippen LogP contribution in [0, 0.1) is 0 Å². The molecule has 0 aliphatic rings. The Balaban J connectivity index is 2.05. The second kappa shape index (κ2) is 6.66. The van der Waals surface area contributed by atoms with Crippen LogP contribution >= 0.6 is 15.9 Å². The van der Waals surface area contributed by atoms with Crippen molar-refractivity contribution < 1.29 is 4.74 Å². The second-order valence-corrected chi connectivity index (χ2v) is 5.34. The fourth-order valence-corrected chi connectivity index (χ4v) is 2.52. The largest absolute Gasteiger partial charge is 0.497 e. The Bertz CT molecular complexity index is 537. The van der Waals surface area contributed by atoms with E-state index in [0.717, 1.165) is 35.4 Å². The zero-order valence-corrected chi connectivity index (χ0v) is 12.9. The first-order valence-corrected chi connectivity index (χ1v) is 7.24. The summed E-state index contributed by atoms with van der Waals surface area (Å²) in [4.78, 5) is 0. The lowest BCUT2D eigenvalue weighted by Gasteiger charge is -2.11. The molecule has 0 radical (unpaired) electrons. The van der Waals surface area contributed by atoms with Crippen molar-refractivity contribution in [1.29, 1.82) is 0 Å². The van der Waals surface area contributed by atoms with Crippen molar-refractivity contribution in [3.63, 3.8) is 0 Å². The summed E-state index contributed by atoms with van der Waals surface area (Å²) in [6, 6.07) is 10.2. The van der Waals surface area contributed by atoms with E-state index in [1.807, 2.05) is 12.1 Å². The van der Waals surface area contributed by atoms with Gasteiger partial charge in [0, 0.05) is 34.7 Å². The first-order chi connectivity index (χ1) is 9.22. The molecule has 0 unspecified atom stereocenters. The number of rotatable bonds is 6. The van der Waals surface area contributed by atoms with Crippen LogP contribution in [0.4, 0.5) is 5.69 Å². The summed E-state index contributed by atoms with van der Waals surface area (Å²) in [7, 11) is 1.68. The summed E-state index contributed by atoms with van der Waals surface area (Å²) in [5.74, 6) is 0.848. The molecule has 2 rings (SSSR count). The molecule has 1 aromatic heterocycles. The Hall–Kier alpha value is -1.42. The van der Waals surface area contributed by atoms with Gasteiger partial charge < -0.3 is 14.6 Å². The third-order valence-electron chi connectivity index (χ3n) is 2.97. The summed E-state index contributed by atoms with van der Waals surface area (Å²) in [6.45, 7) is 4.06. The molecule has 1 aromatic carbocycles. The van der Waals surface area contributed by atoms with Crippen LogP contribution in [0.25, 0.3) is 0 Å².